The molecular formula is C13H22N2O4S2. The Bertz CT molecular complexity index is 697. The number of nitrogens with one attached hydrogen (secondary N) is 1. The molecule has 1 aromatic rings. The van der Waals surface area contributed by atoms with Crippen molar-refractivity contribution in [2.75, 3.05) is 29.9 Å². The summed E-state index contributed by atoms with van der Waals surface area (Å²) >= 11 is 0. The van der Waals surface area contributed by atoms with Gasteiger partial charge in [0.25, 0.3) is 0 Å². The molecule has 1 N–H and O–H groups in total. The highest BCUT2D eigenvalue weighted by Crippen LogP contribution is 2.27. The summed E-state index contributed by atoms with van der Waals surface area (Å²) in [6.07, 6.45) is 2.87. The highest BCUT2D eigenvalue weighted by Gasteiger charge is 2.21. The van der Waals surface area contributed by atoms with Crippen LogP contribution in [-0.2, 0) is 26.5 Å². The normalized spacial score (nSPS) is 12.4. The topological polar surface area (TPSA) is 83.6 Å². The number of hydrogen-bond donors (Lipinski definition) is 1. The summed E-state index contributed by atoms with van der Waals surface area (Å²) in [5.41, 5.74) is 2.40. The zero-order valence-electron chi connectivity index (χ0n) is 12.8. The van der Waals surface area contributed by atoms with E-state index in [2.05, 4.69) is 4.72 Å². The molecule has 6 nitrogen and oxygen atoms in total. The van der Waals surface area contributed by atoms with Gasteiger partial charge in [0.15, 0.2) is 0 Å². The molecule has 120 valence electrons. The van der Waals surface area contributed by atoms with E-state index in [1.54, 1.807) is 0 Å². The predicted octanol–water partition coefficient (Wildman–Crippen LogP) is 0.873. The third-order valence-electron chi connectivity index (χ3n) is 3.03. The molecule has 0 aromatic heterocycles. The molecule has 0 fully saturated rings. The molecule has 0 radical (unpaired) electrons. The Morgan fingerprint density at radius 1 is 1.14 bits per heavy atom. The van der Waals surface area contributed by atoms with Gasteiger partial charge in [0.2, 0.25) is 20.0 Å². The number of hydrogen-bond acceptors (Lipinski definition) is 4. The number of para-hydroxylation sites is 1. The minimum atomic E-state index is -3.49. The van der Waals surface area contributed by atoms with Crippen molar-refractivity contribution in [3.63, 3.8) is 0 Å². The minimum Gasteiger partial charge on any atom is -0.269 e. The fourth-order valence-corrected chi connectivity index (χ4v) is 3.62. The summed E-state index contributed by atoms with van der Waals surface area (Å²) in [7, 11) is -6.84. The number of rotatable bonds is 7. The number of aryl methyl sites for hydroxylation is 2. The van der Waals surface area contributed by atoms with Gasteiger partial charge in [-0.05, 0) is 24.5 Å². The quantitative estimate of drug-likeness (QED) is 0.802. The fourth-order valence-electron chi connectivity index (χ4n) is 2.14. The van der Waals surface area contributed by atoms with E-state index in [0.717, 1.165) is 23.6 Å². The number of nitrogens with zero attached hydrogens (tertiary/aromatic N) is 1. The summed E-state index contributed by atoms with van der Waals surface area (Å²) in [6.45, 7) is 3.89. The molecule has 0 spiro atoms. The van der Waals surface area contributed by atoms with Crippen molar-refractivity contribution in [3.8, 4) is 0 Å². The Balaban J connectivity index is 3.16. The lowest BCUT2D eigenvalue weighted by molar-refractivity contribution is 0.583. The van der Waals surface area contributed by atoms with Crippen molar-refractivity contribution in [2.45, 2.75) is 20.3 Å². The van der Waals surface area contributed by atoms with Gasteiger partial charge in [-0.2, -0.15) is 0 Å². The molecule has 8 heteroatoms. The van der Waals surface area contributed by atoms with Crippen LogP contribution in [0.3, 0.4) is 0 Å². The molecule has 0 saturated carbocycles. The van der Waals surface area contributed by atoms with Gasteiger partial charge < -0.3 is 0 Å². The van der Waals surface area contributed by atoms with Crippen molar-refractivity contribution in [3.05, 3.63) is 29.3 Å². The number of anilines is 1. The molecular weight excluding hydrogens is 312 g/mol. The molecule has 0 amide bonds. The van der Waals surface area contributed by atoms with Crippen molar-refractivity contribution in [1.82, 2.24) is 4.72 Å². The molecule has 0 bridgehead atoms. The van der Waals surface area contributed by atoms with Crippen molar-refractivity contribution in [1.29, 1.82) is 0 Å². The number of sulfonamides is 2. The van der Waals surface area contributed by atoms with Crippen LogP contribution >= 0.6 is 0 Å². The van der Waals surface area contributed by atoms with Gasteiger partial charge in [-0.15, -0.1) is 0 Å². The predicted molar refractivity (Wildman–Crippen MR) is 85.6 cm³/mol. The van der Waals surface area contributed by atoms with Gasteiger partial charge in [-0.25, -0.2) is 21.6 Å². The van der Waals surface area contributed by atoms with E-state index in [1.165, 1.54) is 4.31 Å². The molecule has 0 aliphatic rings. The Labute approximate surface area is 127 Å². The highest BCUT2D eigenvalue weighted by atomic mass is 32.2. The van der Waals surface area contributed by atoms with Crippen LogP contribution in [-0.4, -0.2) is 42.4 Å². The van der Waals surface area contributed by atoms with Crippen LogP contribution in [0.4, 0.5) is 5.69 Å². The maximum Gasteiger partial charge on any atom is 0.232 e. The van der Waals surface area contributed by atoms with E-state index in [-0.39, 0.29) is 13.1 Å². The van der Waals surface area contributed by atoms with Crippen molar-refractivity contribution >= 4 is 25.7 Å². The van der Waals surface area contributed by atoms with Crippen molar-refractivity contribution in [2.24, 2.45) is 0 Å². The third kappa shape index (κ3) is 5.29. The smallest absolute Gasteiger partial charge is 0.232 e. The van der Waals surface area contributed by atoms with Gasteiger partial charge in [0.1, 0.15) is 0 Å². The Hall–Kier alpha value is -1.12. The Morgan fingerprint density at radius 3 is 2.24 bits per heavy atom. The largest absolute Gasteiger partial charge is 0.269 e. The lowest BCUT2D eigenvalue weighted by Gasteiger charge is -2.26. The first-order chi connectivity index (χ1) is 9.56. The van der Waals surface area contributed by atoms with Gasteiger partial charge >= 0.3 is 0 Å². The van der Waals surface area contributed by atoms with Crippen LogP contribution in [0.2, 0.25) is 0 Å². The van der Waals surface area contributed by atoms with Crippen LogP contribution in [0.1, 0.15) is 18.1 Å². The summed E-state index contributed by atoms with van der Waals surface area (Å²) < 4.78 is 49.9. The van der Waals surface area contributed by atoms with E-state index in [9.17, 15) is 16.8 Å². The second kappa shape index (κ2) is 6.76. The molecule has 0 aliphatic carbocycles. The van der Waals surface area contributed by atoms with Crippen LogP contribution in [0, 0.1) is 6.92 Å². The van der Waals surface area contributed by atoms with Crippen molar-refractivity contribution < 1.29 is 16.8 Å². The zero-order chi connectivity index (χ0) is 16.3. The first-order valence-corrected chi connectivity index (χ1v) is 10.3. The van der Waals surface area contributed by atoms with Gasteiger partial charge in [0, 0.05) is 13.1 Å². The average molecular weight is 334 g/mol. The van der Waals surface area contributed by atoms with E-state index in [0.29, 0.717) is 12.1 Å². The maximum atomic E-state index is 12.1. The molecule has 0 unspecified atom stereocenters. The summed E-state index contributed by atoms with van der Waals surface area (Å²) in [6, 6.07) is 5.61. The lowest BCUT2D eigenvalue weighted by Crippen LogP contribution is -2.38. The summed E-state index contributed by atoms with van der Waals surface area (Å²) in [5, 5.41) is 0. The molecule has 0 aliphatic heterocycles. The molecule has 1 aromatic carbocycles. The Kier molecular flexibility index (Phi) is 5.77. The molecule has 0 saturated heterocycles. The SMILES string of the molecule is CCc1cccc(C)c1N(CCNS(C)(=O)=O)S(C)(=O)=O. The highest BCUT2D eigenvalue weighted by molar-refractivity contribution is 7.92. The van der Waals surface area contributed by atoms with E-state index in [4.69, 9.17) is 0 Å². The second-order valence-corrected chi connectivity index (χ2v) is 8.68. The average Bonchev–Trinajstić information content (AvgIpc) is 2.32. The van der Waals surface area contributed by atoms with E-state index in [1.807, 2.05) is 32.0 Å². The third-order valence-corrected chi connectivity index (χ3v) is 4.93. The molecule has 0 heterocycles. The summed E-state index contributed by atoms with van der Waals surface area (Å²) in [4.78, 5) is 0. The lowest BCUT2D eigenvalue weighted by atomic mass is 10.1. The van der Waals surface area contributed by atoms with Crippen LogP contribution < -0.4 is 9.03 Å². The number of benzene rings is 1. The monoisotopic (exact) mass is 334 g/mol. The van der Waals surface area contributed by atoms with E-state index < -0.39 is 20.0 Å². The minimum absolute atomic E-state index is 0.0311. The standard InChI is InChI=1S/C13H22N2O4S2/c1-5-12-8-6-7-11(2)13(12)15(21(4,18)19)10-9-14-20(3,16)17/h6-8,14H,5,9-10H2,1-4H3. The van der Waals surface area contributed by atoms with Gasteiger partial charge in [-0.3, -0.25) is 4.31 Å². The van der Waals surface area contributed by atoms with Crippen LogP contribution in [0.5, 0.6) is 0 Å². The first kappa shape index (κ1) is 17.9. The van der Waals surface area contributed by atoms with Gasteiger partial charge in [-0.1, -0.05) is 25.1 Å². The van der Waals surface area contributed by atoms with E-state index >= 15 is 0 Å². The van der Waals surface area contributed by atoms with Crippen LogP contribution in [0.25, 0.3) is 0 Å². The maximum absolute atomic E-state index is 12.1. The Morgan fingerprint density at radius 2 is 1.76 bits per heavy atom. The fraction of sp³-hybridized carbons (Fsp3) is 0.538. The second-order valence-electron chi connectivity index (χ2n) is 4.94. The molecule has 0 atom stereocenters. The zero-order valence-corrected chi connectivity index (χ0v) is 14.4. The van der Waals surface area contributed by atoms with Gasteiger partial charge in [0.05, 0.1) is 18.2 Å². The molecule has 1 rings (SSSR count). The first-order valence-electron chi connectivity index (χ1n) is 6.57. The van der Waals surface area contributed by atoms with Crippen LogP contribution in [0.15, 0.2) is 18.2 Å². The summed E-state index contributed by atoms with van der Waals surface area (Å²) in [5.74, 6) is 0. The molecule has 21 heavy (non-hydrogen) atoms.